The molecule has 23 heavy (non-hydrogen) atoms. The minimum absolute atomic E-state index is 0.0462. The second-order valence-corrected chi connectivity index (χ2v) is 9.96. The summed E-state index contributed by atoms with van der Waals surface area (Å²) >= 11 is 0. The molecule has 2 aromatic carbocycles. The van der Waals surface area contributed by atoms with E-state index in [-0.39, 0.29) is 11.3 Å². The number of rotatable bonds is 6. The van der Waals surface area contributed by atoms with Gasteiger partial charge in [-0.3, -0.25) is 9.24 Å². The lowest BCUT2D eigenvalue weighted by molar-refractivity contribution is 0.562. The van der Waals surface area contributed by atoms with E-state index in [9.17, 15) is 4.57 Å². The van der Waals surface area contributed by atoms with Crippen LogP contribution in [-0.2, 0) is 4.57 Å². The highest BCUT2D eigenvalue weighted by Gasteiger charge is 2.36. The van der Waals surface area contributed by atoms with Crippen LogP contribution in [0, 0.1) is 0 Å². The Kier molecular flexibility index (Phi) is 5.79. The molecular formula is C19H25N2OP. The molecule has 122 valence electrons. The maximum atomic E-state index is 13.8. The molecule has 3 nitrogen and oxygen atoms in total. The van der Waals surface area contributed by atoms with E-state index in [0.29, 0.717) is 0 Å². The molecule has 0 aliphatic carbocycles. The zero-order valence-electron chi connectivity index (χ0n) is 14.3. The topological polar surface area (TPSA) is 32.7 Å². The van der Waals surface area contributed by atoms with Crippen molar-refractivity contribution in [1.82, 2.24) is 0 Å². The molecule has 0 atom stereocenters. The summed E-state index contributed by atoms with van der Waals surface area (Å²) in [5, 5.41) is 0. The first-order valence-corrected chi connectivity index (χ1v) is 9.79. The molecule has 2 aromatic rings. The SMILES string of the molecule is CC(C)P(=O)(C(C)C)N(C=Nc1ccccc1)c1ccccc1. The summed E-state index contributed by atoms with van der Waals surface area (Å²) in [5.41, 5.74) is 1.86. The third-order valence-corrected chi connectivity index (χ3v) is 7.88. The zero-order valence-corrected chi connectivity index (χ0v) is 15.1. The van der Waals surface area contributed by atoms with Crippen LogP contribution >= 0.6 is 7.29 Å². The summed E-state index contributed by atoms with van der Waals surface area (Å²) in [6.45, 7) is 8.08. The van der Waals surface area contributed by atoms with Gasteiger partial charge in [0.2, 0.25) is 0 Å². The van der Waals surface area contributed by atoms with Crippen molar-refractivity contribution in [1.29, 1.82) is 0 Å². The Morgan fingerprint density at radius 2 is 1.35 bits per heavy atom. The number of hydrogen-bond donors (Lipinski definition) is 0. The number of nitrogens with zero attached hydrogens (tertiary/aromatic N) is 2. The number of hydrogen-bond acceptors (Lipinski definition) is 2. The fourth-order valence-electron chi connectivity index (χ4n) is 2.64. The number of anilines is 1. The van der Waals surface area contributed by atoms with Crippen LogP contribution in [0.1, 0.15) is 27.7 Å². The second kappa shape index (κ2) is 7.61. The first-order chi connectivity index (χ1) is 11.0. The van der Waals surface area contributed by atoms with Crippen molar-refractivity contribution < 1.29 is 4.57 Å². The lowest BCUT2D eigenvalue weighted by Crippen LogP contribution is -2.27. The molecule has 0 spiro atoms. The van der Waals surface area contributed by atoms with E-state index in [0.717, 1.165) is 11.4 Å². The van der Waals surface area contributed by atoms with Crippen LogP contribution in [0.5, 0.6) is 0 Å². The highest BCUT2D eigenvalue weighted by molar-refractivity contribution is 7.67. The van der Waals surface area contributed by atoms with Gasteiger partial charge in [-0.2, -0.15) is 0 Å². The molecule has 0 bridgehead atoms. The molecule has 0 aromatic heterocycles. The van der Waals surface area contributed by atoms with Crippen LogP contribution in [0.2, 0.25) is 0 Å². The maximum absolute atomic E-state index is 13.8. The molecule has 0 saturated carbocycles. The molecule has 0 aliphatic rings. The number of para-hydroxylation sites is 2. The zero-order chi connectivity index (χ0) is 16.9. The Labute approximate surface area is 139 Å². The fourth-order valence-corrected chi connectivity index (χ4v) is 5.53. The van der Waals surface area contributed by atoms with E-state index in [1.54, 1.807) is 6.34 Å². The smallest absolute Gasteiger partial charge is 0.182 e. The van der Waals surface area contributed by atoms with E-state index in [1.165, 1.54) is 0 Å². The highest BCUT2D eigenvalue weighted by Crippen LogP contribution is 2.59. The Morgan fingerprint density at radius 1 is 0.870 bits per heavy atom. The van der Waals surface area contributed by atoms with E-state index in [4.69, 9.17) is 0 Å². The van der Waals surface area contributed by atoms with Crippen molar-refractivity contribution >= 4 is 25.0 Å². The first-order valence-electron chi connectivity index (χ1n) is 7.99. The maximum Gasteiger partial charge on any atom is 0.182 e. The van der Waals surface area contributed by atoms with Crippen molar-refractivity contribution in [2.24, 2.45) is 4.99 Å². The first kappa shape index (κ1) is 17.5. The summed E-state index contributed by atoms with van der Waals surface area (Å²) < 4.78 is 15.7. The Bertz CT molecular complexity index is 669. The Hall–Kier alpha value is -1.86. The number of aliphatic imine (C=N–C) groups is 1. The van der Waals surface area contributed by atoms with Gasteiger partial charge in [-0.1, -0.05) is 64.1 Å². The molecule has 0 fully saturated rings. The van der Waals surface area contributed by atoms with Gasteiger partial charge >= 0.3 is 0 Å². The summed E-state index contributed by atoms with van der Waals surface area (Å²) in [7, 11) is -2.65. The third-order valence-electron chi connectivity index (χ3n) is 3.91. The van der Waals surface area contributed by atoms with Crippen molar-refractivity contribution in [2.45, 2.75) is 39.0 Å². The minimum atomic E-state index is -2.65. The molecule has 0 aliphatic heterocycles. The van der Waals surface area contributed by atoms with Gasteiger partial charge in [-0.25, -0.2) is 4.99 Å². The van der Waals surface area contributed by atoms with Crippen LogP contribution in [0.4, 0.5) is 11.4 Å². The van der Waals surface area contributed by atoms with Crippen molar-refractivity contribution in [3.63, 3.8) is 0 Å². The van der Waals surface area contributed by atoms with E-state index in [2.05, 4.69) is 4.99 Å². The van der Waals surface area contributed by atoms with Crippen LogP contribution in [0.25, 0.3) is 0 Å². The lowest BCUT2D eigenvalue weighted by atomic mass is 10.3. The second-order valence-electron chi connectivity index (χ2n) is 6.12. The summed E-state index contributed by atoms with van der Waals surface area (Å²) in [4.78, 5) is 4.54. The van der Waals surface area contributed by atoms with Gasteiger partial charge in [0, 0.05) is 17.0 Å². The highest BCUT2D eigenvalue weighted by atomic mass is 31.2. The lowest BCUT2D eigenvalue weighted by Gasteiger charge is -2.36. The molecule has 4 heteroatoms. The summed E-state index contributed by atoms with van der Waals surface area (Å²) in [6, 6.07) is 19.6. The monoisotopic (exact) mass is 328 g/mol. The average Bonchev–Trinajstić information content (AvgIpc) is 2.56. The molecule has 2 rings (SSSR count). The Morgan fingerprint density at radius 3 is 1.83 bits per heavy atom. The normalized spacial score (nSPS) is 12.3. The quantitative estimate of drug-likeness (QED) is 0.373. The molecular weight excluding hydrogens is 303 g/mol. The van der Waals surface area contributed by atoms with Crippen molar-refractivity contribution in [3.05, 3.63) is 60.7 Å². The standard InChI is InChI=1S/C19H25N2OP/c1-16(2)23(22,17(3)4)21(19-13-9-6-10-14-19)15-20-18-11-7-5-8-12-18/h5-17H,1-4H3. The van der Waals surface area contributed by atoms with E-state index >= 15 is 0 Å². The van der Waals surface area contributed by atoms with Gasteiger partial charge in [0.05, 0.1) is 5.69 Å². The summed E-state index contributed by atoms with van der Waals surface area (Å²) in [5.74, 6) is 0. The van der Waals surface area contributed by atoms with Crippen molar-refractivity contribution in [3.8, 4) is 0 Å². The predicted octanol–water partition coefficient (Wildman–Crippen LogP) is 5.95. The fraction of sp³-hybridized carbons (Fsp3) is 0.316. The predicted molar refractivity (Wildman–Crippen MR) is 101 cm³/mol. The van der Waals surface area contributed by atoms with Crippen LogP contribution in [0.3, 0.4) is 0 Å². The molecule has 0 amide bonds. The van der Waals surface area contributed by atoms with Gasteiger partial charge < -0.3 is 0 Å². The van der Waals surface area contributed by atoms with E-state index < -0.39 is 7.29 Å². The van der Waals surface area contributed by atoms with E-state index in [1.807, 2.05) is 93.0 Å². The van der Waals surface area contributed by atoms with Crippen molar-refractivity contribution in [2.75, 3.05) is 4.67 Å². The molecule has 0 N–H and O–H groups in total. The molecule has 0 radical (unpaired) electrons. The Balaban J connectivity index is 2.48. The van der Waals surface area contributed by atoms with Crippen LogP contribution in [0.15, 0.2) is 65.7 Å². The molecule has 0 heterocycles. The largest absolute Gasteiger partial charge is 0.299 e. The van der Waals surface area contributed by atoms with Gasteiger partial charge in [0.15, 0.2) is 7.29 Å². The molecule has 0 saturated heterocycles. The third kappa shape index (κ3) is 3.92. The van der Waals surface area contributed by atoms with Crippen LogP contribution in [-0.4, -0.2) is 17.7 Å². The van der Waals surface area contributed by atoms with Crippen LogP contribution < -0.4 is 4.67 Å². The summed E-state index contributed by atoms with van der Waals surface area (Å²) in [6.07, 6.45) is 1.73. The van der Waals surface area contributed by atoms with Gasteiger partial charge in [-0.15, -0.1) is 0 Å². The minimum Gasteiger partial charge on any atom is -0.299 e. The number of benzene rings is 2. The van der Waals surface area contributed by atoms with Gasteiger partial charge in [0.1, 0.15) is 6.34 Å². The van der Waals surface area contributed by atoms with Gasteiger partial charge in [0.25, 0.3) is 0 Å². The molecule has 0 unspecified atom stereocenters. The average molecular weight is 328 g/mol. The van der Waals surface area contributed by atoms with Gasteiger partial charge in [-0.05, 0) is 24.3 Å².